The summed E-state index contributed by atoms with van der Waals surface area (Å²) in [5.74, 6) is -5.01. The molecule has 1 N–H and O–H groups in total. The lowest BCUT2D eigenvalue weighted by atomic mass is 9.83. The number of carbonyl (C=O) groups excluding carboxylic acids is 1. The molecule has 0 spiro atoms. The number of allylic oxidation sites excluding steroid dienone is 3. The highest BCUT2D eigenvalue weighted by atomic mass is 19.2. The summed E-state index contributed by atoms with van der Waals surface area (Å²) in [6.45, 7) is 3.19. The van der Waals surface area contributed by atoms with E-state index >= 15 is 0 Å². The van der Waals surface area contributed by atoms with Gasteiger partial charge in [-0.25, -0.2) is 9.18 Å². The third-order valence-electron chi connectivity index (χ3n) is 5.92. The Morgan fingerprint density at radius 2 is 1.77 bits per heavy atom. The Bertz CT molecular complexity index is 1160. The molecule has 1 heterocycles. The summed E-state index contributed by atoms with van der Waals surface area (Å²) in [6, 6.07) is 12.1. The van der Waals surface area contributed by atoms with Crippen molar-refractivity contribution in [1.29, 1.82) is 0 Å². The van der Waals surface area contributed by atoms with Gasteiger partial charge < -0.3 is 14.8 Å². The Hall–Kier alpha value is -3.75. The molecule has 1 atom stereocenters. The van der Waals surface area contributed by atoms with Crippen LogP contribution in [-0.4, -0.2) is 24.6 Å². The molecule has 0 radical (unpaired) electrons. The van der Waals surface area contributed by atoms with Gasteiger partial charge in [-0.2, -0.15) is 4.39 Å². The van der Waals surface area contributed by atoms with Gasteiger partial charge >= 0.3 is 5.97 Å². The number of rotatable bonds is 10. The zero-order valence-corrected chi connectivity index (χ0v) is 19.9. The number of benzene rings is 2. The van der Waals surface area contributed by atoms with Crippen LogP contribution in [0.3, 0.4) is 0 Å². The van der Waals surface area contributed by atoms with E-state index in [1.165, 1.54) is 18.6 Å². The third-order valence-corrected chi connectivity index (χ3v) is 5.92. The van der Waals surface area contributed by atoms with Crippen LogP contribution in [0.5, 0.6) is 5.75 Å². The maximum atomic E-state index is 14.5. The molecule has 0 aliphatic carbocycles. The van der Waals surface area contributed by atoms with Gasteiger partial charge in [0.2, 0.25) is 5.82 Å². The molecule has 1 unspecified atom stereocenters. The predicted octanol–water partition coefficient (Wildman–Crippen LogP) is 5.40. The highest BCUT2D eigenvalue weighted by Crippen LogP contribution is 2.43. The van der Waals surface area contributed by atoms with Gasteiger partial charge in [0.25, 0.3) is 5.70 Å². The summed E-state index contributed by atoms with van der Waals surface area (Å²) in [5.41, 5.74) is 1.30. The molecule has 1 aliphatic rings. The van der Waals surface area contributed by atoms with Gasteiger partial charge in [-0.15, -0.1) is 0 Å². The van der Waals surface area contributed by atoms with Gasteiger partial charge in [0.05, 0.1) is 29.9 Å². The molecule has 0 bridgehead atoms. The molecule has 7 nitrogen and oxygen atoms in total. The average molecular weight is 487 g/mol. The Kier molecular flexibility index (Phi) is 8.57. The molecule has 2 aromatic carbocycles. The molecule has 0 aromatic heterocycles. The molecule has 1 aliphatic heterocycles. The second kappa shape index (κ2) is 11.6. The topological polar surface area (TPSA) is 90.7 Å². The first kappa shape index (κ1) is 25.9. The first-order valence-electron chi connectivity index (χ1n) is 11.3. The summed E-state index contributed by atoms with van der Waals surface area (Å²) in [7, 11) is 1.13. The van der Waals surface area contributed by atoms with Crippen molar-refractivity contribution in [3.8, 4) is 5.75 Å². The number of esters is 1. The Morgan fingerprint density at radius 3 is 2.43 bits per heavy atom. The van der Waals surface area contributed by atoms with E-state index < -0.39 is 34.2 Å². The minimum Gasteiger partial charge on any atom is -0.493 e. The number of halogens is 2. The van der Waals surface area contributed by atoms with Crippen LogP contribution in [0.15, 0.2) is 65.1 Å². The number of dihydropyridines is 1. The van der Waals surface area contributed by atoms with E-state index in [9.17, 15) is 23.7 Å². The van der Waals surface area contributed by atoms with Crippen molar-refractivity contribution in [3.63, 3.8) is 0 Å². The summed E-state index contributed by atoms with van der Waals surface area (Å²) in [5, 5.41) is 14.8. The predicted molar refractivity (Wildman–Crippen MR) is 126 cm³/mol. The minimum atomic E-state index is -1.30. The summed E-state index contributed by atoms with van der Waals surface area (Å²) in [4.78, 5) is 24.4. The molecular formula is C26H28F2N2O5. The smallest absolute Gasteiger partial charge is 0.336 e. The number of hydrogen-bond donors (Lipinski definition) is 1. The first-order chi connectivity index (χ1) is 16.8. The maximum absolute atomic E-state index is 14.5. The molecule has 186 valence electrons. The quantitative estimate of drug-likeness (QED) is 0.209. The minimum absolute atomic E-state index is 0.0342. The maximum Gasteiger partial charge on any atom is 0.336 e. The van der Waals surface area contributed by atoms with Gasteiger partial charge in [0, 0.05) is 11.3 Å². The lowest BCUT2D eigenvalue weighted by Crippen LogP contribution is -2.32. The summed E-state index contributed by atoms with van der Waals surface area (Å²) in [6.07, 6.45) is 3.29. The monoisotopic (exact) mass is 486 g/mol. The number of unbranched alkanes of at least 4 members (excludes halogenated alkanes) is 2. The molecule has 3 rings (SSSR count). The highest BCUT2D eigenvalue weighted by molar-refractivity contribution is 5.92. The number of hydrogen-bond acceptors (Lipinski definition) is 6. The van der Waals surface area contributed by atoms with E-state index in [0.717, 1.165) is 32.4 Å². The van der Waals surface area contributed by atoms with E-state index in [-0.39, 0.29) is 29.1 Å². The molecule has 0 fully saturated rings. The van der Waals surface area contributed by atoms with Crippen LogP contribution in [0.2, 0.25) is 0 Å². The van der Waals surface area contributed by atoms with E-state index in [2.05, 4.69) is 17.4 Å². The van der Waals surface area contributed by atoms with Gasteiger partial charge in [0.15, 0.2) is 11.6 Å². The normalized spacial score (nSPS) is 15.6. The molecule has 35 heavy (non-hydrogen) atoms. The van der Waals surface area contributed by atoms with E-state index in [4.69, 9.17) is 9.47 Å². The van der Waals surface area contributed by atoms with Crippen LogP contribution in [0.1, 0.15) is 50.2 Å². The van der Waals surface area contributed by atoms with Crippen LogP contribution >= 0.6 is 0 Å². The number of carbonyl (C=O) groups is 1. The van der Waals surface area contributed by atoms with Crippen molar-refractivity contribution >= 4 is 5.97 Å². The molecule has 0 amide bonds. The van der Waals surface area contributed by atoms with Crippen molar-refractivity contribution in [2.24, 2.45) is 0 Å². The first-order valence-corrected chi connectivity index (χ1v) is 11.3. The second-order valence-corrected chi connectivity index (χ2v) is 8.28. The molecular weight excluding hydrogens is 458 g/mol. The van der Waals surface area contributed by atoms with Gasteiger partial charge in [-0.3, -0.25) is 10.1 Å². The Balaban J connectivity index is 1.78. The number of nitrogens with zero attached hydrogens (tertiary/aromatic N) is 1. The number of nitro groups is 1. The van der Waals surface area contributed by atoms with Gasteiger partial charge in [-0.1, -0.05) is 36.4 Å². The molecule has 0 saturated heterocycles. The fourth-order valence-corrected chi connectivity index (χ4v) is 4.28. The standard InChI is InChI=1S/C26H28F2N2O5/c1-16-21(26(31)35-15-9-5-8-12-18-10-6-4-7-11-18)22(24(30(32)33)17(2)29-16)19-13-14-20(27)23(28)25(19)34-3/h4,6-7,10-11,13-14,22,29H,5,8-9,12,15H2,1-3H3. The molecule has 0 saturated carbocycles. The van der Waals surface area contributed by atoms with Crippen LogP contribution in [0.4, 0.5) is 8.78 Å². The zero-order chi connectivity index (χ0) is 25.5. The van der Waals surface area contributed by atoms with Gasteiger partial charge in [-0.05, 0) is 51.2 Å². The average Bonchev–Trinajstić information content (AvgIpc) is 2.82. The largest absolute Gasteiger partial charge is 0.493 e. The van der Waals surface area contributed by atoms with Crippen LogP contribution < -0.4 is 10.1 Å². The lowest BCUT2D eigenvalue weighted by Gasteiger charge is -2.27. The van der Waals surface area contributed by atoms with Crippen molar-refractivity contribution in [1.82, 2.24) is 5.32 Å². The molecule has 2 aromatic rings. The van der Waals surface area contributed by atoms with E-state index in [1.807, 2.05) is 18.2 Å². The Morgan fingerprint density at radius 1 is 1.06 bits per heavy atom. The van der Waals surface area contributed by atoms with E-state index in [0.29, 0.717) is 12.1 Å². The number of nitrogens with one attached hydrogen (secondary N) is 1. The zero-order valence-electron chi connectivity index (χ0n) is 19.9. The fourth-order valence-electron chi connectivity index (χ4n) is 4.28. The second-order valence-electron chi connectivity index (χ2n) is 8.28. The third kappa shape index (κ3) is 5.85. The van der Waals surface area contributed by atoms with Crippen LogP contribution in [0.25, 0.3) is 0 Å². The number of ether oxygens (including phenoxy) is 2. The van der Waals surface area contributed by atoms with Gasteiger partial charge in [0.1, 0.15) is 5.92 Å². The van der Waals surface area contributed by atoms with Crippen molar-refractivity contribution in [2.75, 3.05) is 13.7 Å². The number of aryl methyl sites for hydroxylation is 1. The summed E-state index contributed by atoms with van der Waals surface area (Å²) >= 11 is 0. The summed E-state index contributed by atoms with van der Waals surface area (Å²) < 4.78 is 38.8. The fraction of sp³-hybridized carbons (Fsp3) is 0.346. The highest BCUT2D eigenvalue weighted by Gasteiger charge is 2.43. The molecule has 9 heteroatoms. The van der Waals surface area contributed by atoms with Crippen molar-refractivity contribution in [2.45, 2.75) is 45.4 Å². The lowest BCUT2D eigenvalue weighted by molar-refractivity contribution is -0.431. The van der Waals surface area contributed by atoms with Crippen molar-refractivity contribution in [3.05, 3.63) is 98.0 Å². The van der Waals surface area contributed by atoms with Crippen LogP contribution in [-0.2, 0) is 16.0 Å². The van der Waals surface area contributed by atoms with Crippen molar-refractivity contribution < 1.29 is 28.0 Å². The number of methoxy groups -OCH3 is 1. The SMILES string of the molecule is COc1c(C2C(C(=O)OCCCCCc3ccccc3)=C(C)NC(C)=C2[N+](=O)[O-])ccc(F)c1F. The van der Waals surface area contributed by atoms with Crippen LogP contribution in [0, 0.1) is 21.7 Å². The van der Waals surface area contributed by atoms with E-state index in [1.54, 1.807) is 6.92 Å². The Labute approximate surface area is 202 Å².